The van der Waals surface area contributed by atoms with E-state index in [-0.39, 0.29) is 17.5 Å². The van der Waals surface area contributed by atoms with E-state index in [2.05, 4.69) is 11.7 Å². The van der Waals surface area contributed by atoms with Crippen LogP contribution in [0.5, 0.6) is 0 Å². The Morgan fingerprint density at radius 3 is 2.78 bits per heavy atom. The van der Waals surface area contributed by atoms with Gasteiger partial charge in [0.05, 0.1) is 24.4 Å². The molecule has 0 radical (unpaired) electrons. The molecule has 0 saturated carbocycles. The first-order chi connectivity index (χ1) is 11.0. The quantitative estimate of drug-likeness (QED) is 0.610. The van der Waals surface area contributed by atoms with Crippen molar-refractivity contribution in [3.63, 3.8) is 0 Å². The van der Waals surface area contributed by atoms with E-state index >= 15 is 0 Å². The minimum absolute atomic E-state index is 0.000738. The Kier molecular flexibility index (Phi) is 5.92. The number of aromatic carboxylic acids is 1. The Balaban J connectivity index is 1.83. The highest BCUT2D eigenvalue weighted by Gasteiger charge is 2.27. The van der Waals surface area contributed by atoms with Crippen LogP contribution >= 0.6 is 0 Å². The van der Waals surface area contributed by atoms with Crippen LogP contribution in [0.4, 0.5) is 0 Å². The Labute approximate surface area is 135 Å². The maximum Gasteiger partial charge on any atom is 0.338 e. The lowest BCUT2D eigenvalue weighted by Gasteiger charge is -2.33. The second-order valence-corrected chi connectivity index (χ2v) is 5.66. The smallest absolute Gasteiger partial charge is 0.338 e. The number of carbonyl (C=O) groups is 2. The van der Waals surface area contributed by atoms with Crippen LogP contribution in [0, 0.1) is 0 Å². The van der Waals surface area contributed by atoms with Gasteiger partial charge in [0.2, 0.25) is 0 Å². The molecule has 0 aliphatic carbocycles. The van der Waals surface area contributed by atoms with Crippen molar-refractivity contribution in [1.82, 2.24) is 14.7 Å². The summed E-state index contributed by atoms with van der Waals surface area (Å²) in [5, 5.41) is 13.0. The second-order valence-electron chi connectivity index (χ2n) is 5.66. The van der Waals surface area contributed by atoms with Crippen molar-refractivity contribution in [1.29, 1.82) is 0 Å². The summed E-state index contributed by atoms with van der Waals surface area (Å²) in [5.74, 6) is -0.978. The Bertz CT molecular complexity index is 561. The summed E-state index contributed by atoms with van der Waals surface area (Å²) in [6.07, 6.45) is 6.46. The van der Waals surface area contributed by atoms with E-state index in [1.807, 2.05) is 0 Å². The zero-order valence-electron chi connectivity index (χ0n) is 13.4. The highest BCUT2D eigenvalue weighted by atomic mass is 16.5. The number of ether oxygens (including phenoxy) is 1. The normalized spacial score (nSPS) is 17.0. The lowest BCUT2D eigenvalue weighted by Crippen LogP contribution is -2.44. The van der Waals surface area contributed by atoms with Crippen LogP contribution in [0.3, 0.4) is 0 Å². The monoisotopic (exact) mass is 321 g/mol. The third kappa shape index (κ3) is 4.41. The highest BCUT2D eigenvalue weighted by molar-refractivity contribution is 5.86. The van der Waals surface area contributed by atoms with Crippen LogP contribution in [0.25, 0.3) is 0 Å². The van der Waals surface area contributed by atoms with Crippen LogP contribution in [0.15, 0.2) is 25.0 Å². The molecule has 1 fully saturated rings. The SMILES string of the molecule is C=CCCOC(C)C(=O)N1CCC(n2cc(C(=O)O)cn2)CC1. The van der Waals surface area contributed by atoms with Crippen LogP contribution in [0.1, 0.15) is 42.6 Å². The third-order valence-corrected chi connectivity index (χ3v) is 4.04. The number of likely N-dealkylation sites (tertiary alicyclic amines) is 1. The van der Waals surface area contributed by atoms with Crippen molar-refractivity contribution >= 4 is 11.9 Å². The maximum absolute atomic E-state index is 12.3. The highest BCUT2D eigenvalue weighted by Crippen LogP contribution is 2.23. The number of carboxylic acids is 1. The minimum Gasteiger partial charge on any atom is -0.478 e. The van der Waals surface area contributed by atoms with Gasteiger partial charge in [-0.3, -0.25) is 9.48 Å². The first-order valence-corrected chi connectivity index (χ1v) is 7.81. The molecule has 1 aliphatic heterocycles. The number of carbonyl (C=O) groups excluding carboxylic acids is 1. The Morgan fingerprint density at radius 1 is 1.52 bits per heavy atom. The maximum atomic E-state index is 12.3. The van der Waals surface area contributed by atoms with Crippen molar-refractivity contribution in [2.45, 2.75) is 38.3 Å². The van der Waals surface area contributed by atoms with Gasteiger partial charge in [-0.05, 0) is 26.2 Å². The molecular weight excluding hydrogens is 298 g/mol. The van der Waals surface area contributed by atoms with Gasteiger partial charge in [-0.15, -0.1) is 6.58 Å². The molecule has 2 rings (SSSR count). The predicted molar refractivity (Wildman–Crippen MR) is 84.3 cm³/mol. The molecule has 1 aromatic rings. The summed E-state index contributed by atoms with van der Waals surface area (Å²) in [6, 6.07) is 0.129. The summed E-state index contributed by atoms with van der Waals surface area (Å²) in [6.45, 7) is 7.14. The molecule has 1 aromatic heterocycles. The Morgan fingerprint density at radius 2 is 2.22 bits per heavy atom. The van der Waals surface area contributed by atoms with Crippen LogP contribution < -0.4 is 0 Å². The van der Waals surface area contributed by atoms with E-state index in [1.54, 1.807) is 28.8 Å². The van der Waals surface area contributed by atoms with Crippen molar-refractivity contribution in [3.05, 3.63) is 30.6 Å². The zero-order valence-corrected chi connectivity index (χ0v) is 13.4. The summed E-state index contributed by atoms with van der Waals surface area (Å²) >= 11 is 0. The summed E-state index contributed by atoms with van der Waals surface area (Å²) in [7, 11) is 0. The average molecular weight is 321 g/mol. The van der Waals surface area contributed by atoms with E-state index in [1.165, 1.54) is 6.20 Å². The van der Waals surface area contributed by atoms with E-state index in [9.17, 15) is 9.59 Å². The van der Waals surface area contributed by atoms with Gasteiger partial charge in [0.15, 0.2) is 0 Å². The average Bonchev–Trinajstić information content (AvgIpc) is 3.05. The van der Waals surface area contributed by atoms with Crippen molar-refractivity contribution < 1.29 is 19.4 Å². The van der Waals surface area contributed by atoms with Crippen molar-refractivity contribution in [2.75, 3.05) is 19.7 Å². The number of hydrogen-bond donors (Lipinski definition) is 1. The number of aromatic nitrogens is 2. The van der Waals surface area contributed by atoms with Gasteiger partial charge in [-0.2, -0.15) is 5.10 Å². The van der Waals surface area contributed by atoms with Crippen LogP contribution in [0.2, 0.25) is 0 Å². The molecule has 0 aromatic carbocycles. The molecule has 7 nitrogen and oxygen atoms in total. The van der Waals surface area contributed by atoms with Crippen molar-refractivity contribution in [3.8, 4) is 0 Å². The fourth-order valence-corrected chi connectivity index (χ4v) is 2.66. The zero-order chi connectivity index (χ0) is 16.8. The van der Waals surface area contributed by atoms with Crippen LogP contribution in [-0.4, -0.2) is 57.5 Å². The fourth-order valence-electron chi connectivity index (χ4n) is 2.66. The van der Waals surface area contributed by atoms with Gasteiger partial charge in [0.25, 0.3) is 5.91 Å². The Hall–Kier alpha value is -2.15. The van der Waals surface area contributed by atoms with Gasteiger partial charge in [-0.25, -0.2) is 4.79 Å². The van der Waals surface area contributed by atoms with E-state index in [0.717, 1.165) is 19.3 Å². The van der Waals surface area contributed by atoms with Gasteiger partial charge >= 0.3 is 5.97 Å². The molecule has 1 aliphatic rings. The van der Waals surface area contributed by atoms with Crippen molar-refractivity contribution in [2.24, 2.45) is 0 Å². The molecule has 0 bridgehead atoms. The number of piperidine rings is 1. The van der Waals surface area contributed by atoms with E-state index in [0.29, 0.717) is 19.7 Å². The first kappa shape index (κ1) is 17.2. The summed E-state index contributed by atoms with van der Waals surface area (Å²) in [4.78, 5) is 25.0. The molecule has 1 atom stereocenters. The topological polar surface area (TPSA) is 84.7 Å². The fraction of sp³-hybridized carbons (Fsp3) is 0.562. The second kappa shape index (κ2) is 7.92. The predicted octanol–water partition coefficient (Wildman–Crippen LogP) is 1.73. The molecule has 2 heterocycles. The molecule has 1 N–H and O–H groups in total. The molecule has 1 unspecified atom stereocenters. The van der Waals surface area contributed by atoms with Crippen LogP contribution in [-0.2, 0) is 9.53 Å². The number of carboxylic acid groups (broad SMARTS) is 1. The molecule has 0 spiro atoms. The third-order valence-electron chi connectivity index (χ3n) is 4.04. The van der Waals surface area contributed by atoms with Gasteiger partial charge in [-0.1, -0.05) is 6.08 Å². The largest absolute Gasteiger partial charge is 0.478 e. The lowest BCUT2D eigenvalue weighted by atomic mass is 10.0. The minimum atomic E-state index is -0.977. The van der Waals surface area contributed by atoms with E-state index < -0.39 is 12.1 Å². The standard InChI is InChI=1S/C16H23N3O4/c1-3-4-9-23-12(2)15(20)18-7-5-14(6-8-18)19-11-13(10-17-19)16(21)22/h3,10-12,14H,1,4-9H2,2H3,(H,21,22). The van der Waals surface area contributed by atoms with Gasteiger partial charge in [0, 0.05) is 19.3 Å². The number of hydrogen-bond acceptors (Lipinski definition) is 4. The molecule has 1 saturated heterocycles. The molecule has 1 amide bonds. The number of amides is 1. The molecular formula is C16H23N3O4. The number of nitrogens with zero attached hydrogens (tertiary/aromatic N) is 3. The first-order valence-electron chi connectivity index (χ1n) is 7.81. The number of rotatable bonds is 7. The molecule has 23 heavy (non-hydrogen) atoms. The van der Waals surface area contributed by atoms with E-state index in [4.69, 9.17) is 9.84 Å². The lowest BCUT2D eigenvalue weighted by molar-refractivity contribution is -0.143. The summed E-state index contributed by atoms with van der Waals surface area (Å²) < 4.78 is 7.18. The van der Waals surface area contributed by atoms with Gasteiger partial charge in [0.1, 0.15) is 6.10 Å². The van der Waals surface area contributed by atoms with Gasteiger partial charge < -0.3 is 14.7 Å². The molecule has 126 valence electrons. The summed E-state index contributed by atoms with van der Waals surface area (Å²) in [5.41, 5.74) is 0.188. The molecule has 7 heteroatoms.